The minimum absolute atomic E-state index is 0.149. The average molecular weight is 370 g/mol. The van der Waals surface area contributed by atoms with E-state index in [0.29, 0.717) is 23.8 Å². The lowest BCUT2D eigenvalue weighted by Gasteiger charge is -2.19. The Hall–Kier alpha value is -2.33. The molecule has 146 valence electrons. The molecule has 0 aliphatic rings. The molecule has 2 aromatic carbocycles. The molecule has 27 heavy (non-hydrogen) atoms. The Bertz CT molecular complexity index is 773. The maximum atomic E-state index is 14.7. The Morgan fingerprint density at radius 2 is 1.89 bits per heavy atom. The number of hydrogen-bond donors (Lipinski definition) is 3. The van der Waals surface area contributed by atoms with Gasteiger partial charge in [-0.25, -0.2) is 4.39 Å². The van der Waals surface area contributed by atoms with Gasteiger partial charge in [0.2, 0.25) is 0 Å². The maximum absolute atomic E-state index is 14.7. The van der Waals surface area contributed by atoms with Crippen molar-refractivity contribution in [1.29, 1.82) is 0 Å². The van der Waals surface area contributed by atoms with Gasteiger partial charge in [-0.3, -0.25) is 0 Å². The summed E-state index contributed by atoms with van der Waals surface area (Å²) in [5.41, 5.74) is 17.3. The molecule has 0 saturated heterocycles. The second-order valence-corrected chi connectivity index (χ2v) is 7.30. The van der Waals surface area contributed by atoms with Crippen LogP contribution in [0, 0.1) is 5.82 Å². The third kappa shape index (κ3) is 5.33. The Morgan fingerprint density at radius 3 is 2.48 bits per heavy atom. The first-order valence-electron chi connectivity index (χ1n) is 9.71. The summed E-state index contributed by atoms with van der Waals surface area (Å²) in [4.78, 5) is 0. The molecular weight excluding hydrogens is 337 g/mol. The average Bonchev–Trinajstić information content (AvgIpc) is 2.60. The third-order valence-electron chi connectivity index (χ3n) is 4.67. The molecule has 4 heteroatoms. The summed E-state index contributed by atoms with van der Waals surface area (Å²) in [5, 5.41) is 3.48. The molecule has 2 aromatic rings. The van der Waals surface area contributed by atoms with Crippen molar-refractivity contribution in [2.45, 2.75) is 52.5 Å². The van der Waals surface area contributed by atoms with Crippen LogP contribution < -0.4 is 16.8 Å². The molecule has 0 saturated carbocycles. The summed E-state index contributed by atoms with van der Waals surface area (Å²) in [6.07, 6.45) is 3.57. The highest BCUT2D eigenvalue weighted by Gasteiger charge is 2.16. The highest BCUT2D eigenvalue weighted by molar-refractivity contribution is 5.77. The van der Waals surface area contributed by atoms with E-state index in [0.717, 1.165) is 35.2 Å². The van der Waals surface area contributed by atoms with E-state index >= 15 is 0 Å². The summed E-state index contributed by atoms with van der Waals surface area (Å²) in [5.74, 6) is -0.388. The van der Waals surface area contributed by atoms with E-state index in [1.54, 1.807) is 6.07 Å². The van der Waals surface area contributed by atoms with E-state index < -0.39 is 0 Å². The SMILES string of the molecule is CCc1cc(N)c(C(C)/C=C(\CCN)c2ccccc2NC(C)C)c(F)c1. The molecule has 0 aromatic heterocycles. The van der Waals surface area contributed by atoms with Crippen LogP contribution in [0.5, 0.6) is 0 Å². The third-order valence-corrected chi connectivity index (χ3v) is 4.67. The Morgan fingerprint density at radius 1 is 1.19 bits per heavy atom. The number of hydrogen-bond acceptors (Lipinski definition) is 3. The minimum atomic E-state index is -0.240. The van der Waals surface area contributed by atoms with Crippen LogP contribution in [0.3, 0.4) is 0 Å². The van der Waals surface area contributed by atoms with Gasteiger partial charge in [-0.2, -0.15) is 0 Å². The van der Waals surface area contributed by atoms with Crippen LogP contribution >= 0.6 is 0 Å². The number of allylic oxidation sites excluding steroid dienone is 1. The smallest absolute Gasteiger partial charge is 0.129 e. The predicted octanol–water partition coefficient (Wildman–Crippen LogP) is 5.33. The number of para-hydroxylation sites is 1. The van der Waals surface area contributed by atoms with Crippen molar-refractivity contribution in [3.05, 3.63) is 65.0 Å². The van der Waals surface area contributed by atoms with Gasteiger partial charge < -0.3 is 16.8 Å². The van der Waals surface area contributed by atoms with Crippen LogP contribution in [-0.2, 0) is 6.42 Å². The lowest BCUT2D eigenvalue weighted by Crippen LogP contribution is -2.12. The summed E-state index contributed by atoms with van der Waals surface area (Å²) < 4.78 is 14.7. The molecule has 1 unspecified atom stereocenters. The van der Waals surface area contributed by atoms with Crippen LogP contribution in [0.4, 0.5) is 15.8 Å². The van der Waals surface area contributed by atoms with Gasteiger partial charge >= 0.3 is 0 Å². The first-order chi connectivity index (χ1) is 12.9. The van der Waals surface area contributed by atoms with Crippen molar-refractivity contribution < 1.29 is 4.39 Å². The molecule has 2 rings (SSSR count). The number of anilines is 2. The number of nitrogens with two attached hydrogens (primary N) is 2. The molecule has 0 fully saturated rings. The molecule has 0 bridgehead atoms. The molecule has 3 nitrogen and oxygen atoms in total. The van der Waals surface area contributed by atoms with Crippen LogP contribution in [-0.4, -0.2) is 12.6 Å². The van der Waals surface area contributed by atoms with Gasteiger partial charge in [-0.15, -0.1) is 0 Å². The van der Waals surface area contributed by atoms with Crippen LogP contribution in [0.1, 0.15) is 56.7 Å². The summed E-state index contributed by atoms with van der Waals surface area (Å²) in [6.45, 7) is 8.72. The van der Waals surface area contributed by atoms with Crippen molar-refractivity contribution in [2.75, 3.05) is 17.6 Å². The zero-order valence-corrected chi connectivity index (χ0v) is 16.9. The van der Waals surface area contributed by atoms with Gasteiger partial charge in [0, 0.05) is 34.5 Å². The topological polar surface area (TPSA) is 64.1 Å². The van der Waals surface area contributed by atoms with Crippen molar-refractivity contribution in [1.82, 2.24) is 0 Å². The molecule has 0 spiro atoms. The fraction of sp³-hybridized carbons (Fsp3) is 0.391. The number of halogens is 1. The fourth-order valence-electron chi connectivity index (χ4n) is 3.43. The first kappa shape index (κ1) is 21.0. The highest BCUT2D eigenvalue weighted by Crippen LogP contribution is 2.33. The van der Waals surface area contributed by atoms with Gasteiger partial charge in [0.1, 0.15) is 5.82 Å². The molecule has 0 amide bonds. The van der Waals surface area contributed by atoms with E-state index in [1.807, 2.05) is 32.0 Å². The molecule has 1 atom stereocenters. The monoisotopic (exact) mass is 369 g/mol. The molecule has 5 N–H and O–H groups in total. The van der Waals surface area contributed by atoms with Crippen LogP contribution in [0.2, 0.25) is 0 Å². The summed E-state index contributed by atoms with van der Waals surface area (Å²) >= 11 is 0. The minimum Gasteiger partial charge on any atom is -0.398 e. The number of nitrogens with one attached hydrogen (secondary N) is 1. The number of nitrogen functional groups attached to an aromatic ring is 1. The molecule has 0 radical (unpaired) electrons. The second kappa shape index (κ2) is 9.56. The van der Waals surface area contributed by atoms with E-state index in [2.05, 4.69) is 37.4 Å². The van der Waals surface area contributed by atoms with E-state index in [-0.39, 0.29) is 11.7 Å². The summed E-state index contributed by atoms with van der Waals surface area (Å²) in [7, 11) is 0. The van der Waals surface area contributed by atoms with Crippen molar-refractivity contribution >= 4 is 16.9 Å². The fourth-order valence-corrected chi connectivity index (χ4v) is 3.43. The lowest BCUT2D eigenvalue weighted by atomic mass is 9.91. The quantitative estimate of drug-likeness (QED) is 0.551. The molecule has 0 heterocycles. The van der Waals surface area contributed by atoms with E-state index in [4.69, 9.17) is 11.5 Å². The standard InChI is InChI=1S/C23H32FN3/c1-5-17-13-20(24)23(21(26)14-17)16(4)12-18(10-11-25)19-8-6-7-9-22(19)27-15(2)3/h6-9,12-16,27H,5,10-11,25-26H2,1-4H3/b18-12+. The zero-order valence-electron chi connectivity index (χ0n) is 16.9. The Labute approximate surface area is 162 Å². The Kier molecular flexibility index (Phi) is 7.43. The largest absolute Gasteiger partial charge is 0.398 e. The summed E-state index contributed by atoms with van der Waals surface area (Å²) in [6, 6.07) is 12.0. The molecule has 0 aliphatic carbocycles. The van der Waals surface area contributed by atoms with Crippen molar-refractivity contribution in [3.63, 3.8) is 0 Å². The number of rotatable bonds is 8. The van der Waals surface area contributed by atoms with Gasteiger partial charge in [-0.1, -0.05) is 38.1 Å². The van der Waals surface area contributed by atoms with Gasteiger partial charge in [0.25, 0.3) is 0 Å². The normalized spacial score (nSPS) is 13.1. The van der Waals surface area contributed by atoms with Gasteiger partial charge in [0.05, 0.1) is 0 Å². The highest BCUT2D eigenvalue weighted by atomic mass is 19.1. The van der Waals surface area contributed by atoms with Crippen LogP contribution in [0.25, 0.3) is 5.57 Å². The Balaban J connectivity index is 2.47. The maximum Gasteiger partial charge on any atom is 0.129 e. The van der Waals surface area contributed by atoms with Gasteiger partial charge in [-0.05, 0) is 62.6 Å². The second-order valence-electron chi connectivity index (χ2n) is 7.30. The molecule has 0 aliphatic heterocycles. The van der Waals surface area contributed by atoms with Crippen LogP contribution in [0.15, 0.2) is 42.5 Å². The number of benzene rings is 2. The van der Waals surface area contributed by atoms with E-state index in [1.165, 1.54) is 0 Å². The van der Waals surface area contributed by atoms with Crippen molar-refractivity contribution in [2.24, 2.45) is 5.73 Å². The van der Waals surface area contributed by atoms with Gasteiger partial charge in [0.15, 0.2) is 0 Å². The first-order valence-corrected chi connectivity index (χ1v) is 9.71. The predicted molar refractivity (Wildman–Crippen MR) is 115 cm³/mol. The molecular formula is C23H32FN3. The van der Waals surface area contributed by atoms with E-state index in [9.17, 15) is 4.39 Å². The lowest BCUT2D eigenvalue weighted by molar-refractivity contribution is 0.604. The van der Waals surface area contributed by atoms with Crippen molar-refractivity contribution in [3.8, 4) is 0 Å². The zero-order chi connectivity index (χ0) is 20.0. The number of aryl methyl sites for hydroxylation is 1.